The van der Waals surface area contributed by atoms with Crippen LogP contribution in [0.3, 0.4) is 0 Å². The van der Waals surface area contributed by atoms with E-state index in [1.807, 2.05) is 4.90 Å². The van der Waals surface area contributed by atoms with E-state index in [0.717, 1.165) is 12.8 Å². The van der Waals surface area contributed by atoms with Gasteiger partial charge >= 0.3 is 0 Å². The van der Waals surface area contributed by atoms with Crippen LogP contribution >= 0.6 is 0 Å². The van der Waals surface area contributed by atoms with Crippen molar-refractivity contribution in [1.29, 1.82) is 0 Å². The van der Waals surface area contributed by atoms with Crippen LogP contribution in [0.15, 0.2) is 0 Å². The molecule has 120 valence electrons. The summed E-state index contributed by atoms with van der Waals surface area (Å²) in [5.74, 6) is 0.782. The Morgan fingerprint density at radius 3 is 2.10 bits per heavy atom. The van der Waals surface area contributed by atoms with Crippen LogP contribution in [0.1, 0.15) is 51.4 Å². The largest absolute Gasteiger partial charge is 0.340 e. The predicted molar refractivity (Wildman–Crippen MR) is 81.3 cm³/mol. The molecule has 21 heavy (non-hydrogen) atoms. The summed E-state index contributed by atoms with van der Waals surface area (Å²) in [6, 6.07) is 0. The summed E-state index contributed by atoms with van der Waals surface area (Å²) in [4.78, 5) is 14.2. The molecule has 0 aromatic rings. The summed E-state index contributed by atoms with van der Waals surface area (Å²) >= 11 is 0. The number of piperazine rings is 1. The summed E-state index contributed by atoms with van der Waals surface area (Å²) in [6.45, 7) is 2.10. The SMILES string of the molecule is O=C(CC1CCCCC1)N1CCN(S(=O)(=O)C2CC2)CC1. The Kier molecular flexibility index (Phi) is 4.54. The van der Waals surface area contributed by atoms with Gasteiger partial charge in [0.2, 0.25) is 15.9 Å². The van der Waals surface area contributed by atoms with E-state index in [2.05, 4.69) is 0 Å². The van der Waals surface area contributed by atoms with E-state index >= 15 is 0 Å². The summed E-state index contributed by atoms with van der Waals surface area (Å²) in [5.41, 5.74) is 0. The van der Waals surface area contributed by atoms with Crippen LogP contribution in [0, 0.1) is 5.92 Å². The zero-order valence-electron chi connectivity index (χ0n) is 12.7. The zero-order valence-corrected chi connectivity index (χ0v) is 13.5. The van der Waals surface area contributed by atoms with Gasteiger partial charge in [0.25, 0.3) is 0 Å². The van der Waals surface area contributed by atoms with Crippen LogP contribution in [0.25, 0.3) is 0 Å². The summed E-state index contributed by atoms with van der Waals surface area (Å²) in [6.07, 6.45) is 8.46. The van der Waals surface area contributed by atoms with Gasteiger partial charge in [-0.05, 0) is 31.6 Å². The Bertz CT molecular complexity index is 473. The molecule has 0 N–H and O–H groups in total. The van der Waals surface area contributed by atoms with Crippen LogP contribution < -0.4 is 0 Å². The molecule has 3 aliphatic rings. The normalized spacial score (nSPS) is 26.0. The van der Waals surface area contributed by atoms with Gasteiger partial charge in [0.1, 0.15) is 0 Å². The van der Waals surface area contributed by atoms with Gasteiger partial charge in [0.15, 0.2) is 0 Å². The molecule has 1 heterocycles. The number of nitrogens with zero attached hydrogens (tertiary/aromatic N) is 2. The van der Waals surface area contributed by atoms with Crippen molar-refractivity contribution in [1.82, 2.24) is 9.21 Å². The maximum absolute atomic E-state index is 12.3. The molecule has 0 aromatic carbocycles. The Balaban J connectivity index is 1.47. The second-order valence-electron chi connectivity index (χ2n) is 6.73. The summed E-state index contributed by atoms with van der Waals surface area (Å²) in [7, 11) is -3.07. The van der Waals surface area contributed by atoms with Gasteiger partial charge in [-0.2, -0.15) is 4.31 Å². The second-order valence-corrected chi connectivity index (χ2v) is 8.95. The van der Waals surface area contributed by atoms with E-state index in [1.165, 1.54) is 32.1 Å². The number of amides is 1. The quantitative estimate of drug-likeness (QED) is 0.792. The smallest absolute Gasteiger partial charge is 0.222 e. The first-order valence-corrected chi connectivity index (χ1v) is 9.84. The highest BCUT2D eigenvalue weighted by Gasteiger charge is 2.41. The highest BCUT2D eigenvalue weighted by atomic mass is 32.2. The van der Waals surface area contributed by atoms with Crippen LogP contribution in [-0.4, -0.2) is 55.0 Å². The van der Waals surface area contributed by atoms with Gasteiger partial charge < -0.3 is 4.90 Å². The van der Waals surface area contributed by atoms with E-state index in [-0.39, 0.29) is 11.2 Å². The predicted octanol–water partition coefficient (Wildman–Crippen LogP) is 1.59. The standard InChI is InChI=1S/C15H26N2O3S/c18-15(12-13-4-2-1-3-5-13)16-8-10-17(11-9-16)21(19,20)14-6-7-14/h13-14H,1-12H2. The van der Waals surface area contributed by atoms with Gasteiger partial charge in [-0.3, -0.25) is 4.79 Å². The molecule has 0 unspecified atom stereocenters. The van der Waals surface area contributed by atoms with Gasteiger partial charge in [0.05, 0.1) is 5.25 Å². The first-order valence-electron chi connectivity index (χ1n) is 8.34. The van der Waals surface area contributed by atoms with Gasteiger partial charge in [-0.25, -0.2) is 8.42 Å². The fourth-order valence-corrected chi connectivity index (χ4v) is 5.36. The van der Waals surface area contributed by atoms with Gasteiger partial charge in [-0.15, -0.1) is 0 Å². The molecule has 1 aliphatic heterocycles. The van der Waals surface area contributed by atoms with E-state index in [1.54, 1.807) is 4.31 Å². The van der Waals surface area contributed by atoms with Crippen molar-refractivity contribution in [2.75, 3.05) is 26.2 Å². The lowest BCUT2D eigenvalue weighted by Crippen LogP contribution is -2.51. The van der Waals surface area contributed by atoms with Crippen molar-refractivity contribution >= 4 is 15.9 Å². The van der Waals surface area contributed by atoms with Crippen molar-refractivity contribution in [2.24, 2.45) is 5.92 Å². The molecule has 5 nitrogen and oxygen atoms in total. The highest BCUT2D eigenvalue weighted by molar-refractivity contribution is 7.90. The number of hydrogen-bond donors (Lipinski definition) is 0. The van der Waals surface area contributed by atoms with E-state index < -0.39 is 10.0 Å². The van der Waals surface area contributed by atoms with E-state index in [4.69, 9.17) is 0 Å². The lowest BCUT2D eigenvalue weighted by molar-refractivity contribution is -0.133. The average molecular weight is 314 g/mol. The first kappa shape index (κ1) is 15.3. The minimum absolute atomic E-state index is 0.137. The second kappa shape index (κ2) is 6.24. The molecule has 3 rings (SSSR count). The van der Waals surface area contributed by atoms with Crippen LogP contribution in [0.5, 0.6) is 0 Å². The van der Waals surface area contributed by atoms with Crippen molar-refractivity contribution in [2.45, 2.75) is 56.6 Å². The van der Waals surface area contributed by atoms with Crippen LogP contribution in [-0.2, 0) is 14.8 Å². The van der Waals surface area contributed by atoms with Crippen LogP contribution in [0.2, 0.25) is 0 Å². The highest BCUT2D eigenvalue weighted by Crippen LogP contribution is 2.31. The van der Waals surface area contributed by atoms with Crippen LogP contribution in [0.4, 0.5) is 0 Å². The Morgan fingerprint density at radius 1 is 0.905 bits per heavy atom. The lowest BCUT2D eigenvalue weighted by atomic mass is 9.86. The molecule has 1 saturated heterocycles. The fourth-order valence-electron chi connectivity index (χ4n) is 3.54. The van der Waals surface area contributed by atoms with Crippen molar-refractivity contribution in [3.63, 3.8) is 0 Å². The third-order valence-electron chi connectivity index (χ3n) is 5.08. The minimum atomic E-state index is -3.07. The van der Waals surface area contributed by atoms with Gasteiger partial charge in [-0.1, -0.05) is 19.3 Å². The molecular formula is C15H26N2O3S. The molecular weight excluding hydrogens is 288 g/mol. The third-order valence-corrected chi connectivity index (χ3v) is 7.48. The topological polar surface area (TPSA) is 57.7 Å². The number of hydrogen-bond acceptors (Lipinski definition) is 3. The Morgan fingerprint density at radius 2 is 1.52 bits per heavy atom. The third kappa shape index (κ3) is 3.59. The molecule has 0 aromatic heterocycles. The molecule has 0 radical (unpaired) electrons. The average Bonchev–Trinajstić information content (AvgIpc) is 3.33. The molecule has 0 spiro atoms. The van der Waals surface area contributed by atoms with Crippen molar-refractivity contribution < 1.29 is 13.2 Å². The minimum Gasteiger partial charge on any atom is -0.340 e. The van der Waals surface area contributed by atoms with Crippen molar-refractivity contribution in [3.8, 4) is 0 Å². The summed E-state index contributed by atoms with van der Waals surface area (Å²) < 4.78 is 25.9. The van der Waals surface area contributed by atoms with Crippen molar-refractivity contribution in [3.05, 3.63) is 0 Å². The molecule has 2 saturated carbocycles. The number of carbonyl (C=O) groups is 1. The molecule has 2 aliphatic carbocycles. The Labute approximate surface area is 127 Å². The molecule has 1 amide bonds. The molecule has 3 fully saturated rings. The number of carbonyl (C=O) groups excluding carboxylic acids is 1. The fraction of sp³-hybridized carbons (Fsp3) is 0.933. The maximum atomic E-state index is 12.3. The van der Waals surface area contributed by atoms with E-state index in [0.29, 0.717) is 38.5 Å². The molecule has 0 atom stereocenters. The number of sulfonamides is 1. The zero-order chi connectivity index (χ0) is 14.9. The summed E-state index contributed by atoms with van der Waals surface area (Å²) in [5, 5.41) is -0.137. The first-order chi connectivity index (χ1) is 10.1. The van der Waals surface area contributed by atoms with E-state index in [9.17, 15) is 13.2 Å². The number of rotatable bonds is 4. The lowest BCUT2D eigenvalue weighted by Gasteiger charge is -2.35. The van der Waals surface area contributed by atoms with Gasteiger partial charge in [0, 0.05) is 32.6 Å². The maximum Gasteiger partial charge on any atom is 0.222 e. The molecule has 0 bridgehead atoms. The molecule has 6 heteroatoms. The monoisotopic (exact) mass is 314 g/mol. The Hall–Kier alpha value is -0.620.